The van der Waals surface area contributed by atoms with E-state index in [0.29, 0.717) is 0 Å². The summed E-state index contributed by atoms with van der Waals surface area (Å²) in [6.07, 6.45) is 0. The van der Waals surface area contributed by atoms with Gasteiger partial charge in [-0.3, -0.25) is 0 Å². The van der Waals surface area contributed by atoms with Gasteiger partial charge in [-0.15, -0.1) is 4.13 Å². The summed E-state index contributed by atoms with van der Waals surface area (Å²) in [5, 5.41) is 0. The Morgan fingerprint density at radius 1 is 1.06 bits per heavy atom. The molecule has 0 heterocycles. The summed E-state index contributed by atoms with van der Waals surface area (Å²) in [6, 6.07) is 5.94. The molecule has 0 radical (unpaired) electrons. The van der Waals surface area contributed by atoms with Crippen LogP contribution >= 0.6 is 0 Å². The van der Waals surface area contributed by atoms with Crippen LogP contribution in [0.15, 0.2) is 29.2 Å². The third kappa shape index (κ3) is 3.29. The van der Waals surface area contributed by atoms with Gasteiger partial charge in [-0.2, -0.15) is 0 Å². The summed E-state index contributed by atoms with van der Waals surface area (Å²) >= 11 is 0. The highest BCUT2D eigenvalue weighted by Crippen LogP contribution is 2.10. The van der Waals surface area contributed by atoms with Gasteiger partial charge < -0.3 is 0 Å². The number of hydrogen-bond donors (Lipinski definition) is 1. The van der Waals surface area contributed by atoms with Crippen LogP contribution in [0.25, 0.3) is 0 Å². The van der Waals surface area contributed by atoms with Gasteiger partial charge in [-0.05, 0) is 26.0 Å². The number of sulfonamides is 2. The van der Waals surface area contributed by atoms with Crippen LogP contribution in [0.4, 0.5) is 0 Å². The van der Waals surface area contributed by atoms with Crippen molar-refractivity contribution in [3.05, 3.63) is 29.8 Å². The average Bonchev–Trinajstić information content (AvgIpc) is 2.17. The first-order valence-corrected chi connectivity index (χ1v) is 7.73. The molecule has 0 atom stereocenters. The minimum atomic E-state index is -3.98. The number of benzene rings is 1. The molecule has 0 fully saturated rings. The van der Waals surface area contributed by atoms with Crippen molar-refractivity contribution < 1.29 is 16.8 Å². The van der Waals surface area contributed by atoms with E-state index in [1.807, 2.05) is 6.92 Å². The van der Waals surface area contributed by atoms with E-state index in [1.54, 1.807) is 16.3 Å². The SMILES string of the molecule is CCS(=O)(=O)NS(=O)(=O)c1ccc(C)cc1. The van der Waals surface area contributed by atoms with Crippen LogP contribution in [0.3, 0.4) is 0 Å². The van der Waals surface area contributed by atoms with Crippen molar-refractivity contribution in [3.8, 4) is 0 Å². The Labute approximate surface area is 95.6 Å². The van der Waals surface area contributed by atoms with Crippen LogP contribution in [-0.4, -0.2) is 22.6 Å². The molecule has 0 aromatic heterocycles. The first-order valence-electron chi connectivity index (χ1n) is 4.60. The molecule has 0 spiro atoms. The number of aryl methyl sites for hydroxylation is 1. The summed E-state index contributed by atoms with van der Waals surface area (Å²) in [4.78, 5) is -0.0601. The molecule has 0 unspecified atom stereocenters. The molecule has 0 aliphatic rings. The smallest absolute Gasteiger partial charge is 0.211 e. The second kappa shape index (κ2) is 4.52. The third-order valence-electron chi connectivity index (χ3n) is 1.95. The Kier molecular flexibility index (Phi) is 3.72. The molecule has 1 N–H and O–H groups in total. The lowest BCUT2D eigenvalue weighted by atomic mass is 10.2. The molecule has 0 amide bonds. The summed E-state index contributed by atoms with van der Waals surface area (Å²) in [5.74, 6) is -0.280. The second-order valence-electron chi connectivity index (χ2n) is 3.30. The predicted molar refractivity (Wildman–Crippen MR) is 61.0 cm³/mol. The zero-order chi connectivity index (χ0) is 12.4. The summed E-state index contributed by atoms with van der Waals surface area (Å²) in [7, 11) is -7.76. The monoisotopic (exact) mass is 263 g/mol. The molecule has 7 heteroatoms. The van der Waals surface area contributed by atoms with Gasteiger partial charge >= 0.3 is 0 Å². The Morgan fingerprint density at radius 2 is 1.56 bits per heavy atom. The van der Waals surface area contributed by atoms with E-state index in [9.17, 15) is 16.8 Å². The van der Waals surface area contributed by atoms with E-state index in [0.717, 1.165) is 5.56 Å². The molecular formula is C9H13NO4S2. The van der Waals surface area contributed by atoms with E-state index >= 15 is 0 Å². The highest BCUT2D eigenvalue weighted by Gasteiger charge is 2.20. The van der Waals surface area contributed by atoms with E-state index in [2.05, 4.69) is 0 Å². The largest absolute Gasteiger partial charge is 0.253 e. The van der Waals surface area contributed by atoms with Crippen molar-refractivity contribution in [1.82, 2.24) is 4.13 Å². The Hall–Kier alpha value is -0.920. The topological polar surface area (TPSA) is 80.3 Å². The van der Waals surface area contributed by atoms with Gasteiger partial charge in [0, 0.05) is 0 Å². The fourth-order valence-electron chi connectivity index (χ4n) is 0.992. The second-order valence-corrected chi connectivity index (χ2v) is 7.26. The minimum absolute atomic E-state index is 0.0601. The zero-order valence-corrected chi connectivity index (χ0v) is 10.6. The van der Waals surface area contributed by atoms with Crippen LogP contribution < -0.4 is 4.13 Å². The number of nitrogens with one attached hydrogen (secondary N) is 1. The molecule has 0 aliphatic carbocycles. The lowest BCUT2D eigenvalue weighted by molar-refractivity contribution is 0.577. The molecule has 0 saturated carbocycles. The maximum Gasteiger partial charge on any atom is 0.253 e. The summed E-state index contributed by atoms with van der Waals surface area (Å²) in [5.41, 5.74) is 0.900. The van der Waals surface area contributed by atoms with Crippen LogP contribution in [0.1, 0.15) is 12.5 Å². The van der Waals surface area contributed by atoms with Crippen LogP contribution in [0.5, 0.6) is 0 Å². The quantitative estimate of drug-likeness (QED) is 0.863. The van der Waals surface area contributed by atoms with Gasteiger partial charge in [0.2, 0.25) is 10.0 Å². The Balaban J connectivity index is 3.09. The van der Waals surface area contributed by atoms with Crippen LogP contribution in [0, 0.1) is 6.92 Å². The molecule has 16 heavy (non-hydrogen) atoms. The first kappa shape index (κ1) is 13.1. The van der Waals surface area contributed by atoms with E-state index < -0.39 is 20.0 Å². The van der Waals surface area contributed by atoms with Crippen molar-refractivity contribution in [2.45, 2.75) is 18.7 Å². The predicted octanol–water partition coefficient (Wildman–Crippen LogP) is 0.623. The molecule has 0 aliphatic heterocycles. The van der Waals surface area contributed by atoms with Gasteiger partial charge in [0.25, 0.3) is 10.0 Å². The summed E-state index contributed by atoms with van der Waals surface area (Å²) in [6.45, 7) is 3.18. The van der Waals surface area contributed by atoms with E-state index in [4.69, 9.17) is 0 Å². The lowest BCUT2D eigenvalue weighted by Gasteiger charge is -2.06. The van der Waals surface area contributed by atoms with E-state index in [1.165, 1.54) is 19.1 Å². The van der Waals surface area contributed by atoms with Crippen molar-refractivity contribution >= 4 is 20.0 Å². The minimum Gasteiger partial charge on any atom is -0.211 e. The molecule has 1 rings (SSSR count). The van der Waals surface area contributed by atoms with Crippen molar-refractivity contribution in [2.75, 3.05) is 5.75 Å². The highest BCUT2D eigenvalue weighted by atomic mass is 32.3. The summed E-state index contributed by atoms with van der Waals surface area (Å²) < 4.78 is 47.2. The van der Waals surface area contributed by atoms with Gasteiger partial charge in [-0.25, -0.2) is 16.8 Å². The molecule has 90 valence electrons. The average molecular weight is 263 g/mol. The van der Waals surface area contributed by atoms with Gasteiger partial charge in [0.05, 0.1) is 10.6 Å². The van der Waals surface area contributed by atoms with Crippen molar-refractivity contribution in [3.63, 3.8) is 0 Å². The standard InChI is InChI=1S/C9H13NO4S2/c1-3-15(11,12)10-16(13,14)9-6-4-8(2)5-7-9/h4-7,10H,3H2,1-2H3. The maximum absolute atomic E-state index is 11.6. The van der Waals surface area contributed by atoms with Gasteiger partial charge in [-0.1, -0.05) is 17.7 Å². The molecule has 5 nitrogen and oxygen atoms in total. The number of hydrogen-bond acceptors (Lipinski definition) is 4. The fraction of sp³-hybridized carbons (Fsp3) is 0.333. The maximum atomic E-state index is 11.6. The fourth-order valence-corrected chi connectivity index (χ4v) is 3.68. The van der Waals surface area contributed by atoms with Crippen LogP contribution in [-0.2, 0) is 20.0 Å². The lowest BCUT2D eigenvalue weighted by Crippen LogP contribution is -2.31. The molecular weight excluding hydrogens is 250 g/mol. The molecule has 0 bridgehead atoms. The normalized spacial score (nSPS) is 12.6. The first-order chi connectivity index (χ1) is 7.27. The van der Waals surface area contributed by atoms with Crippen molar-refractivity contribution in [1.29, 1.82) is 0 Å². The van der Waals surface area contributed by atoms with Gasteiger partial charge in [0.1, 0.15) is 0 Å². The zero-order valence-electron chi connectivity index (χ0n) is 8.97. The van der Waals surface area contributed by atoms with E-state index in [-0.39, 0.29) is 10.6 Å². The number of rotatable bonds is 4. The highest BCUT2D eigenvalue weighted by molar-refractivity contribution is 8.04. The molecule has 0 saturated heterocycles. The molecule has 1 aromatic rings. The molecule has 1 aromatic carbocycles. The Morgan fingerprint density at radius 3 is 2.00 bits per heavy atom. The van der Waals surface area contributed by atoms with Crippen molar-refractivity contribution in [2.24, 2.45) is 0 Å². The Bertz CT molecular complexity index is 558. The van der Waals surface area contributed by atoms with Gasteiger partial charge in [0.15, 0.2) is 0 Å². The third-order valence-corrected chi connectivity index (χ3v) is 5.49. The van der Waals surface area contributed by atoms with Crippen LogP contribution in [0.2, 0.25) is 0 Å².